The molecule has 2 aromatic carbocycles. The molecule has 33 heavy (non-hydrogen) atoms. The summed E-state index contributed by atoms with van der Waals surface area (Å²) in [6.45, 7) is 7.60. The van der Waals surface area contributed by atoms with Gasteiger partial charge in [-0.05, 0) is 86.1 Å². The second kappa shape index (κ2) is 8.71. The number of hydrogen-bond acceptors (Lipinski definition) is 3. The van der Waals surface area contributed by atoms with Crippen molar-refractivity contribution in [1.29, 1.82) is 0 Å². The van der Waals surface area contributed by atoms with Crippen molar-refractivity contribution in [2.45, 2.75) is 38.5 Å². The number of likely N-dealkylation sites (tertiary alicyclic amines) is 1. The van der Waals surface area contributed by atoms with Gasteiger partial charge in [-0.3, -0.25) is 4.79 Å². The van der Waals surface area contributed by atoms with Crippen molar-refractivity contribution in [1.82, 2.24) is 9.88 Å². The number of piperidine rings is 1. The number of methoxy groups -OCH3 is 1. The molecule has 1 aliphatic heterocycles. The number of hydrogen-bond donors (Lipinski definition) is 2. The standard InChI is InChI=1S/C28H33N3O2/c1-4-31-14-13-28(20-9-8-12-23(15-20)33-3)17-25-24(16-21(28)18-31)19(2)26(30-25)27(32)29-22-10-6-5-7-11-22/h5-12,15,21,30H,4,13-14,16-18H2,1-3H3,(H,29,32). The monoisotopic (exact) mass is 443 g/mol. The molecule has 2 heterocycles. The van der Waals surface area contributed by atoms with Gasteiger partial charge in [-0.1, -0.05) is 37.3 Å². The fourth-order valence-electron chi connectivity index (χ4n) is 5.96. The number of aromatic amines is 1. The lowest BCUT2D eigenvalue weighted by molar-refractivity contribution is 0.0848. The molecule has 5 heteroatoms. The van der Waals surface area contributed by atoms with Gasteiger partial charge in [0.2, 0.25) is 0 Å². The summed E-state index contributed by atoms with van der Waals surface area (Å²) in [5.41, 5.74) is 6.55. The summed E-state index contributed by atoms with van der Waals surface area (Å²) < 4.78 is 5.57. The minimum absolute atomic E-state index is 0.0533. The van der Waals surface area contributed by atoms with Crippen LogP contribution in [0.25, 0.3) is 0 Å². The average Bonchev–Trinajstić information content (AvgIpc) is 3.17. The normalized spacial score (nSPS) is 22.3. The van der Waals surface area contributed by atoms with Gasteiger partial charge in [-0.2, -0.15) is 0 Å². The zero-order chi connectivity index (χ0) is 23.0. The second-order valence-corrected chi connectivity index (χ2v) is 9.51. The molecule has 0 saturated carbocycles. The van der Waals surface area contributed by atoms with Crippen molar-refractivity contribution in [2.24, 2.45) is 5.92 Å². The Hall–Kier alpha value is -3.05. The van der Waals surface area contributed by atoms with E-state index in [-0.39, 0.29) is 11.3 Å². The van der Waals surface area contributed by atoms with Crippen LogP contribution in [-0.4, -0.2) is 42.5 Å². The first kappa shape index (κ1) is 21.8. The van der Waals surface area contributed by atoms with Crippen molar-refractivity contribution in [3.63, 3.8) is 0 Å². The average molecular weight is 444 g/mol. The zero-order valence-electron chi connectivity index (χ0n) is 19.8. The number of para-hydroxylation sites is 1. The fraction of sp³-hybridized carbons (Fsp3) is 0.393. The molecule has 1 amide bonds. The van der Waals surface area contributed by atoms with Crippen LogP contribution in [0.5, 0.6) is 5.75 Å². The van der Waals surface area contributed by atoms with E-state index < -0.39 is 0 Å². The Morgan fingerprint density at radius 3 is 2.79 bits per heavy atom. The SMILES string of the molecule is CCN1CCC2(c3cccc(OC)c3)Cc3[nH]c(C(=O)Nc4ccccc4)c(C)c3CC2C1. The first-order chi connectivity index (χ1) is 16.0. The smallest absolute Gasteiger partial charge is 0.272 e. The van der Waals surface area contributed by atoms with Crippen LogP contribution in [0.15, 0.2) is 54.6 Å². The van der Waals surface area contributed by atoms with Gasteiger partial charge in [0, 0.05) is 23.3 Å². The van der Waals surface area contributed by atoms with Crippen molar-refractivity contribution in [3.8, 4) is 5.75 Å². The molecule has 2 unspecified atom stereocenters. The van der Waals surface area contributed by atoms with Gasteiger partial charge in [0.25, 0.3) is 5.91 Å². The molecule has 3 aromatic rings. The quantitative estimate of drug-likeness (QED) is 0.586. The molecule has 2 N–H and O–H groups in total. The number of nitrogens with one attached hydrogen (secondary N) is 2. The number of carbonyl (C=O) groups excluding carboxylic acids is 1. The summed E-state index contributed by atoms with van der Waals surface area (Å²) in [5, 5.41) is 3.05. The number of H-pyrrole nitrogens is 1. The van der Waals surface area contributed by atoms with E-state index in [0.717, 1.165) is 55.9 Å². The summed E-state index contributed by atoms with van der Waals surface area (Å²) in [4.78, 5) is 19.2. The Balaban J connectivity index is 1.52. The molecular weight excluding hydrogens is 410 g/mol. The van der Waals surface area contributed by atoms with Gasteiger partial charge in [-0.15, -0.1) is 0 Å². The minimum Gasteiger partial charge on any atom is -0.497 e. The van der Waals surface area contributed by atoms with Crippen LogP contribution >= 0.6 is 0 Å². The summed E-state index contributed by atoms with van der Waals surface area (Å²) in [7, 11) is 1.74. The molecule has 1 aromatic heterocycles. The van der Waals surface area contributed by atoms with E-state index in [0.29, 0.717) is 11.6 Å². The second-order valence-electron chi connectivity index (χ2n) is 9.51. The molecule has 5 nitrogen and oxygen atoms in total. The number of fused-ring (bicyclic) bond motifs is 2. The van der Waals surface area contributed by atoms with E-state index in [1.807, 2.05) is 36.4 Å². The highest BCUT2D eigenvalue weighted by molar-refractivity contribution is 6.04. The van der Waals surface area contributed by atoms with E-state index in [1.54, 1.807) is 7.11 Å². The van der Waals surface area contributed by atoms with Crippen molar-refractivity contribution in [2.75, 3.05) is 32.1 Å². The third-order valence-corrected chi connectivity index (χ3v) is 7.90. The maximum Gasteiger partial charge on any atom is 0.272 e. The molecule has 0 spiro atoms. The van der Waals surface area contributed by atoms with Crippen LogP contribution in [0.2, 0.25) is 0 Å². The van der Waals surface area contributed by atoms with Gasteiger partial charge in [0.15, 0.2) is 0 Å². The summed E-state index contributed by atoms with van der Waals surface area (Å²) in [6.07, 6.45) is 3.03. The van der Waals surface area contributed by atoms with E-state index >= 15 is 0 Å². The van der Waals surface area contributed by atoms with Crippen molar-refractivity contribution < 1.29 is 9.53 Å². The molecule has 0 radical (unpaired) electrons. The molecule has 0 bridgehead atoms. The number of nitrogens with zero attached hydrogens (tertiary/aromatic N) is 1. The molecule has 2 atom stereocenters. The lowest BCUT2D eigenvalue weighted by Crippen LogP contribution is -2.53. The van der Waals surface area contributed by atoms with Gasteiger partial charge in [0.05, 0.1) is 7.11 Å². The van der Waals surface area contributed by atoms with Crippen LogP contribution in [0.1, 0.15) is 46.2 Å². The number of benzene rings is 2. The molecule has 2 aliphatic rings. The zero-order valence-corrected chi connectivity index (χ0v) is 19.8. The number of amides is 1. The summed E-state index contributed by atoms with van der Waals surface area (Å²) >= 11 is 0. The highest BCUT2D eigenvalue weighted by atomic mass is 16.5. The molecule has 1 fully saturated rings. The Morgan fingerprint density at radius 2 is 2.03 bits per heavy atom. The molecular formula is C28H33N3O2. The minimum atomic E-state index is -0.0679. The largest absolute Gasteiger partial charge is 0.497 e. The van der Waals surface area contributed by atoms with Crippen LogP contribution in [-0.2, 0) is 18.3 Å². The highest BCUT2D eigenvalue weighted by Crippen LogP contribution is 2.49. The number of carbonyl (C=O) groups is 1. The number of aromatic nitrogens is 1. The van der Waals surface area contributed by atoms with E-state index in [2.05, 4.69) is 47.2 Å². The molecule has 5 rings (SSSR count). The number of rotatable bonds is 5. The number of anilines is 1. The van der Waals surface area contributed by atoms with E-state index in [9.17, 15) is 4.79 Å². The first-order valence-corrected chi connectivity index (χ1v) is 12.0. The van der Waals surface area contributed by atoms with Gasteiger partial charge >= 0.3 is 0 Å². The maximum atomic E-state index is 13.1. The topological polar surface area (TPSA) is 57.4 Å². The first-order valence-electron chi connectivity index (χ1n) is 12.0. The Morgan fingerprint density at radius 1 is 1.21 bits per heavy atom. The lowest BCUT2D eigenvalue weighted by atomic mass is 9.58. The Bertz CT molecular complexity index is 1150. The molecule has 1 aliphatic carbocycles. The predicted octanol–water partition coefficient (Wildman–Crippen LogP) is 4.96. The number of ether oxygens (including phenoxy) is 1. The van der Waals surface area contributed by atoms with Gasteiger partial charge in [-0.25, -0.2) is 0 Å². The summed E-state index contributed by atoms with van der Waals surface area (Å²) in [5.74, 6) is 1.35. The van der Waals surface area contributed by atoms with Crippen LogP contribution in [0, 0.1) is 12.8 Å². The Labute approximate surface area is 196 Å². The van der Waals surface area contributed by atoms with Crippen LogP contribution < -0.4 is 10.1 Å². The fourth-order valence-corrected chi connectivity index (χ4v) is 5.96. The molecule has 172 valence electrons. The third kappa shape index (κ3) is 3.84. The Kier molecular flexibility index (Phi) is 5.75. The van der Waals surface area contributed by atoms with Crippen LogP contribution in [0.3, 0.4) is 0 Å². The lowest BCUT2D eigenvalue weighted by Gasteiger charge is -2.51. The third-order valence-electron chi connectivity index (χ3n) is 7.90. The van der Waals surface area contributed by atoms with Crippen LogP contribution in [0.4, 0.5) is 5.69 Å². The summed E-state index contributed by atoms with van der Waals surface area (Å²) in [6, 6.07) is 18.3. The van der Waals surface area contributed by atoms with E-state index in [4.69, 9.17) is 4.74 Å². The van der Waals surface area contributed by atoms with E-state index in [1.165, 1.54) is 16.8 Å². The highest BCUT2D eigenvalue weighted by Gasteiger charge is 2.48. The van der Waals surface area contributed by atoms with Gasteiger partial charge in [0.1, 0.15) is 11.4 Å². The van der Waals surface area contributed by atoms with Crippen molar-refractivity contribution in [3.05, 3.63) is 82.7 Å². The molecule has 1 saturated heterocycles. The van der Waals surface area contributed by atoms with Gasteiger partial charge < -0.3 is 19.9 Å². The maximum absolute atomic E-state index is 13.1. The predicted molar refractivity (Wildman–Crippen MR) is 132 cm³/mol. The van der Waals surface area contributed by atoms with Crippen molar-refractivity contribution >= 4 is 11.6 Å².